The van der Waals surface area contributed by atoms with E-state index in [2.05, 4.69) is 6.08 Å². The minimum atomic E-state index is 0.201. The standard InChI is InChI=1S/C16H30O/c17-15-11-10-14-16-12-8-6-4-2-1-3-5-7-9-13-16/h10-11,16-17H,1-9,12-15H2/b11-10+. The van der Waals surface area contributed by atoms with Crippen molar-refractivity contribution in [3.05, 3.63) is 12.2 Å². The number of allylic oxidation sites excluding steroid dienone is 1. The van der Waals surface area contributed by atoms with Crippen molar-refractivity contribution in [1.82, 2.24) is 0 Å². The van der Waals surface area contributed by atoms with E-state index >= 15 is 0 Å². The number of hydrogen-bond donors (Lipinski definition) is 1. The van der Waals surface area contributed by atoms with E-state index in [1.165, 1.54) is 77.0 Å². The highest BCUT2D eigenvalue weighted by Crippen LogP contribution is 2.23. The van der Waals surface area contributed by atoms with E-state index in [1.807, 2.05) is 6.08 Å². The lowest BCUT2D eigenvalue weighted by atomic mass is 9.90. The summed E-state index contributed by atoms with van der Waals surface area (Å²) in [5.74, 6) is 0.872. The zero-order valence-electron chi connectivity index (χ0n) is 11.4. The molecule has 1 nitrogen and oxygen atoms in total. The monoisotopic (exact) mass is 238 g/mol. The maximum absolute atomic E-state index is 8.76. The first kappa shape index (κ1) is 14.8. The zero-order valence-corrected chi connectivity index (χ0v) is 11.4. The Labute approximate surface area is 107 Å². The van der Waals surface area contributed by atoms with Crippen molar-refractivity contribution < 1.29 is 5.11 Å². The predicted octanol–water partition coefficient (Wildman–Crippen LogP) is 4.85. The van der Waals surface area contributed by atoms with Gasteiger partial charge in [0.25, 0.3) is 0 Å². The molecule has 0 heterocycles. The second kappa shape index (κ2) is 10.8. The van der Waals surface area contributed by atoms with Gasteiger partial charge in [0.05, 0.1) is 6.61 Å². The van der Waals surface area contributed by atoms with Crippen LogP contribution in [0.1, 0.15) is 77.0 Å². The molecule has 0 saturated heterocycles. The van der Waals surface area contributed by atoms with E-state index in [0.29, 0.717) is 0 Å². The molecule has 0 atom stereocenters. The van der Waals surface area contributed by atoms with Crippen LogP contribution in [0.4, 0.5) is 0 Å². The number of rotatable bonds is 3. The van der Waals surface area contributed by atoms with Gasteiger partial charge in [0.15, 0.2) is 0 Å². The fourth-order valence-corrected chi connectivity index (χ4v) is 2.85. The highest BCUT2D eigenvalue weighted by Gasteiger charge is 2.07. The molecule has 1 N–H and O–H groups in total. The molecule has 0 amide bonds. The summed E-state index contributed by atoms with van der Waals surface area (Å²) in [6.07, 6.45) is 21.0. The van der Waals surface area contributed by atoms with Gasteiger partial charge in [-0.25, -0.2) is 0 Å². The van der Waals surface area contributed by atoms with Crippen molar-refractivity contribution in [3.8, 4) is 0 Å². The molecule has 0 unspecified atom stereocenters. The van der Waals surface area contributed by atoms with Gasteiger partial charge >= 0.3 is 0 Å². The van der Waals surface area contributed by atoms with E-state index in [9.17, 15) is 0 Å². The minimum absolute atomic E-state index is 0.201. The van der Waals surface area contributed by atoms with Gasteiger partial charge in [0, 0.05) is 0 Å². The Morgan fingerprint density at radius 3 is 1.65 bits per heavy atom. The van der Waals surface area contributed by atoms with Crippen LogP contribution in [0.2, 0.25) is 0 Å². The van der Waals surface area contributed by atoms with Crippen LogP contribution in [0, 0.1) is 5.92 Å². The molecule has 0 aromatic carbocycles. The highest BCUT2D eigenvalue weighted by atomic mass is 16.2. The lowest BCUT2D eigenvalue weighted by molar-refractivity contribution is 0.341. The molecule has 1 aliphatic rings. The molecule has 100 valence electrons. The summed E-state index contributed by atoms with van der Waals surface area (Å²) in [6, 6.07) is 0. The third kappa shape index (κ3) is 8.43. The van der Waals surface area contributed by atoms with Crippen molar-refractivity contribution in [2.75, 3.05) is 6.61 Å². The van der Waals surface area contributed by atoms with Crippen LogP contribution in [-0.2, 0) is 0 Å². The fraction of sp³-hybridized carbons (Fsp3) is 0.875. The zero-order chi connectivity index (χ0) is 12.2. The Morgan fingerprint density at radius 1 is 0.706 bits per heavy atom. The van der Waals surface area contributed by atoms with Crippen molar-refractivity contribution in [2.45, 2.75) is 77.0 Å². The van der Waals surface area contributed by atoms with Crippen LogP contribution in [0.5, 0.6) is 0 Å². The van der Waals surface area contributed by atoms with Crippen LogP contribution in [0.25, 0.3) is 0 Å². The molecule has 1 fully saturated rings. The Balaban J connectivity index is 2.24. The molecule has 0 aliphatic heterocycles. The fourth-order valence-electron chi connectivity index (χ4n) is 2.85. The van der Waals surface area contributed by atoms with Gasteiger partial charge in [-0.05, 0) is 12.3 Å². The average molecular weight is 238 g/mol. The van der Waals surface area contributed by atoms with Gasteiger partial charge in [0.2, 0.25) is 0 Å². The van der Waals surface area contributed by atoms with Crippen LogP contribution >= 0.6 is 0 Å². The first-order valence-electron chi connectivity index (χ1n) is 7.69. The second-order valence-corrected chi connectivity index (χ2v) is 5.52. The van der Waals surface area contributed by atoms with E-state index in [4.69, 9.17) is 5.11 Å². The maximum atomic E-state index is 8.76. The van der Waals surface area contributed by atoms with Crippen molar-refractivity contribution in [1.29, 1.82) is 0 Å². The molecule has 1 rings (SSSR count). The number of aliphatic hydroxyl groups excluding tert-OH is 1. The summed E-state index contributed by atoms with van der Waals surface area (Å²) in [4.78, 5) is 0. The molecule has 17 heavy (non-hydrogen) atoms. The summed E-state index contributed by atoms with van der Waals surface area (Å²) in [5, 5.41) is 8.76. The molecule has 1 aliphatic carbocycles. The van der Waals surface area contributed by atoms with Crippen LogP contribution in [0.3, 0.4) is 0 Å². The Kier molecular flexibility index (Phi) is 9.40. The molecular weight excluding hydrogens is 208 g/mol. The van der Waals surface area contributed by atoms with Crippen LogP contribution in [-0.4, -0.2) is 11.7 Å². The van der Waals surface area contributed by atoms with Crippen molar-refractivity contribution in [3.63, 3.8) is 0 Å². The SMILES string of the molecule is OC/C=C/CC1CCCCCCCCCCC1. The summed E-state index contributed by atoms with van der Waals surface area (Å²) in [5.41, 5.74) is 0. The van der Waals surface area contributed by atoms with Gasteiger partial charge in [-0.1, -0.05) is 82.8 Å². The number of hydrogen-bond acceptors (Lipinski definition) is 1. The molecule has 0 aromatic heterocycles. The van der Waals surface area contributed by atoms with Crippen molar-refractivity contribution in [2.24, 2.45) is 5.92 Å². The maximum Gasteiger partial charge on any atom is 0.0612 e. The molecule has 0 radical (unpaired) electrons. The number of aliphatic hydroxyl groups is 1. The lowest BCUT2D eigenvalue weighted by Gasteiger charge is -2.16. The third-order valence-corrected chi connectivity index (χ3v) is 3.97. The molecule has 1 heteroatoms. The van der Waals surface area contributed by atoms with E-state index in [-0.39, 0.29) is 6.61 Å². The van der Waals surface area contributed by atoms with Gasteiger partial charge in [-0.15, -0.1) is 0 Å². The van der Waals surface area contributed by atoms with Gasteiger partial charge < -0.3 is 5.11 Å². The van der Waals surface area contributed by atoms with Crippen molar-refractivity contribution >= 4 is 0 Å². The molecular formula is C16H30O. The first-order valence-corrected chi connectivity index (χ1v) is 7.69. The summed E-state index contributed by atoms with van der Waals surface area (Å²) >= 11 is 0. The Morgan fingerprint density at radius 2 is 1.18 bits per heavy atom. The first-order chi connectivity index (χ1) is 8.43. The van der Waals surface area contributed by atoms with Crippen LogP contribution < -0.4 is 0 Å². The molecule has 0 spiro atoms. The smallest absolute Gasteiger partial charge is 0.0612 e. The van der Waals surface area contributed by atoms with Gasteiger partial charge in [0.1, 0.15) is 0 Å². The summed E-state index contributed by atoms with van der Waals surface area (Å²) in [6.45, 7) is 0.201. The lowest BCUT2D eigenvalue weighted by Crippen LogP contribution is -2.00. The van der Waals surface area contributed by atoms with Gasteiger partial charge in [-0.2, -0.15) is 0 Å². The average Bonchev–Trinajstić information content (AvgIpc) is 2.32. The molecule has 0 aromatic rings. The normalized spacial score (nSPS) is 22.2. The topological polar surface area (TPSA) is 20.2 Å². The van der Waals surface area contributed by atoms with E-state index in [1.54, 1.807) is 0 Å². The Bertz CT molecular complexity index is 174. The summed E-state index contributed by atoms with van der Waals surface area (Å²) < 4.78 is 0. The largest absolute Gasteiger partial charge is 0.392 e. The van der Waals surface area contributed by atoms with E-state index in [0.717, 1.165) is 5.92 Å². The quantitative estimate of drug-likeness (QED) is 0.697. The molecule has 0 bridgehead atoms. The summed E-state index contributed by atoms with van der Waals surface area (Å²) in [7, 11) is 0. The Hall–Kier alpha value is -0.300. The predicted molar refractivity (Wildman–Crippen MR) is 75.1 cm³/mol. The minimum Gasteiger partial charge on any atom is -0.392 e. The highest BCUT2D eigenvalue weighted by molar-refractivity contribution is 4.83. The second-order valence-electron chi connectivity index (χ2n) is 5.52. The third-order valence-electron chi connectivity index (χ3n) is 3.97. The van der Waals surface area contributed by atoms with E-state index < -0.39 is 0 Å². The molecule has 1 saturated carbocycles. The van der Waals surface area contributed by atoms with Crippen LogP contribution in [0.15, 0.2) is 12.2 Å². The van der Waals surface area contributed by atoms with Gasteiger partial charge in [-0.3, -0.25) is 0 Å².